The Morgan fingerprint density at radius 2 is 1.94 bits per heavy atom. The lowest BCUT2D eigenvalue weighted by molar-refractivity contribution is -0.132. The molecule has 0 bridgehead atoms. The van der Waals surface area contributed by atoms with Gasteiger partial charge in [0.25, 0.3) is 5.91 Å². The number of oxazole rings is 1. The first-order valence-corrected chi connectivity index (χ1v) is 10.2. The van der Waals surface area contributed by atoms with Gasteiger partial charge in [0.05, 0.1) is 37.7 Å². The molecule has 1 fully saturated rings. The predicted molar refractivity (Wildman–Crippen MR) is 115 cm³/mol. The maximum atomic E-state index is 14.8. The van der Waals surface area contributed by atoms with Crippen LogP contribution in [0.5, 0.6) is 0 Å². The molecule has 1 aliphatic heterocycles. The molecule has 12 nitrogen and oxygen atoms in total. The first-order chi connectivity index (χ1) is 16.7. The van der Waals surface area contributed by atoms with E-state index in [1.165, 1.54) is 17.4 Å². The van der Waals surface area contributed by atoms with Gasteiger partial charge in [0.1, 0.15) is 12.0 Å². The minimum absolute atomic E-state index is 0. The third-order valence-electron chi connectivity index (χ3n) is 4.76. The van der Waals surface area contributed by atoms with Crippen LogP contribution in [0.2, 0.25) is 0 Å². The molecule has 16 heteroatoms. The Balaban J connectivity index is 0.00000342. The zero-order chi connectivity index (χ0) is 25.5. The first-order valence-electron chi connectivity index (χ1n) is 10.2. The second kappa shape index (κ2) is 11.7. The molecule has 1 atom stereocenters. The quantitative estimate of drug-likeness (QED) is 0.308. The van der Waals surface area contributed by atoms with Crippen LogP contribution < -0.4 is 20.6 Å². The number of amides is 3. The number of carbonyl (C=O) groups is 2. The summed E-state index contributed by atoms with van der Waals surface area (Å²) in [7, 11) is 0. The summed E-state index contributed by atoms with van der Waals surface area (Å²) >= 11 is 0. The number of nitrogens with one attached hydrogen (secondary N) is 2. The third kappa shape index (κ3) is 6.93. The molecule has 0 aliphatic carbocycles. The van der Waals surface area contributed by atoms with E-state index in [9.17, 15) is 37.5 Å². The molecule has 1 aromatic carbocycles. The molecule has 196 valence electrons. The first kappa shape index (κ1) is 26.0. The second-order valence-electron chi connectivity index (χ2n) is 7.23. The van der Waals surface area contributed by atoms with Gasteiger partial charge in [-0.3, -0.25) is 25.2 Å². The van der Waals surface area contributed by atoms with Crippen molar-refractivity contribution < 1.29 is 49.6 Å². The summed E-state index contributed by atoms with van der Waals surface area (Å²) in [5.74, 6) is -3.69. The van der Waals surface area contributed by atoms with Gasteiger partial charge in [0.2, 0.25) is 0 Å². The van der Waals surface area contributed by atoms with Crippen LogP contribution in [0.1, 0.15) is 2.85 Å². The van der Waals surface area contributed by atoms with E-state index in [4.69, 9.17) is 9.25 Å². The number of nitrogens with zero attached hydrogens (tertiary/aromatic N) is 4. The highest BCUT2D eigenvalue weighted by molar-refractivity contribution is 5.86. The Morgan fingerprint density at radius 3 is 2.57 bits per heavy atom. The average Bonchev–Trinajstić information content (AvgIpc) is 3.19. The van der Waals surface area contributed by atoms with E-state index in [0.29, 0.717) is 5.06 Å². The number of anilines is 3. The summed E-state index contributed by atoms with van der Waals surface area (Å²) in [4.78, 5) is 33.4. The highest BCUT2D eigenvalue weighted by atomic mass is 19.3. The van der Waals surface area contributed by atoms with Crippen molar-refractivity contribution in [2.75, 3.05) is 54.6 Å². The lowest BCUT2D eigenvalue weighted by Gasteiger charge is -2.25. The summed E-state index contributed by atoms with van der Waals surface area (Å²) < 4.78 is 58.9. The summed E-state index contributed by atoms with van der Waals surface area (Å²) in [6, 6.07) is 0.871. The predicted octanol–water partition coefficient (Wildman–Crippen LogP) is 1.67. The van der Waals surface area contributed by atoms with Crippen molar-refractivity contribution in [1.82, 2.24) is 15.4 Å². The van der Waals surface area contributed by atoms with Gasteiger partial charge in [-0.15, -0.1) is 0 Å². The Bertz CT molecular complexity index is 1000. The molecule has 4 N–H and O–H groups in total. The fourth-order valence-corrected chi connectivity index (χ4v) is 3.14. The van der Waals surface area contributed by atoms with Crippen LogP contribution in [0.3, 0.4) is 0 Å². The molecular weight excluding hydrogens is 484 g/mol. The SMILES string of the molecule is O=C(NC[C@H](O)CN(O)c1cc(F)c(N2CCON(C(=O)Nc3ncco3)CC2)c(F)c1)C(F)F.[HH].[HH]. The molecule has 1 aromatic heterocycles. The molecular formula is C19H26F4N6O6. The van der Waals surface area contributed by atoms with Crippen molar-refractivity contribution >= 4 is 29.3 Å². The molecule has 2 heterocycles. The van der Waals surface area contributed by atoms with E-state index in [1.807, 2.05) is 0 Å². The van der Waals surface area contributed by atoms with Gasteiger partial charge in [-0.2, -0.15) is 8.78 Å². The van der Waals surface area contributed by atoms with Crippen molar-refractivity contribution in [2.24, 2.45) is 0 Å². The number of aliphatic hydroxyl groups is 1. The number of rotatable bonds is 8. The maximum absolute atomic E-state index is 14.8. The Kier molecular flexibility index (Phi) is 8.67. The largest absolute Gasteiger partial charge is 0.432 e. The van der Waals surface area contributed by atoms with Gasteiger partial charge in [0.15, 0.2) is 11.6 Å². The number of hydrogen-bond donors (Lipinski definition) is 4. The van der Waals surface area contributed by atoms with E-state index >= 15 is 0 Å². The van der Waals surface area contributed by atoms with E-state index < -0.39 is 54.9 Å². The molecule has 0 spiro atoms. The molecule has 3 amide bonds. The molecule has 1 saturated heterocycles. The molecule has 1 aliphatic rings. The van der Waals surface area contributed by atoms with Crippen LogP contribution in [-0.2, 0) is 9.63 Å². The van der Waals surface area contributed by atoms with Crippen LogP contribution in [0.15, 0.2) is 29.0 Å². The number of aliphatic hydroxyl groups excluding tert-OH is 1. The zero-order valence-electron chi connectivity index (χ0n) is 18.0. The fraction of sp³-hybridized carbons (Fsp3) is 0.421. The van der Waals surface area contributed by atoms with E-state index in [1.54, 1.807) is 5.32 Å². The van der Waals surface area contributed by atoms with Gasteiger partial charge in [0, 0.05) is 34.6 Å². The monoisotopic (exact) mass is 510 g/mol. The molecule has 0 unspecified atom stereocenters. The van der Waals surface area contributed by atoms with Crippen LogP contribution in [-0.4, -0.2) is 84.2 Å². The van der Waals surface area contributed by atoms with Crippen LogP contribution in [0.25, 0.3) is 0 Å². The van der Waals surface area contributed by atoms with Gasteiger partial charge in [-0.05, 0) is 0 Å². The molecule has 0 radical (unpaired) electrons. The lowest BCUT2D eigenvalue weighted by Crippen LogP contribution is -2.41. The Hall–Kier alpha value is -3.63. The summed E-state index contributed by atoms with van der Waals surface area (Å²) in [5.41, 5.74) is -0.786. The Morgan fingerprint density at radius 1 is 1.23 bits per heavy atom. The highest BCUT2D eigenvalue weighted by Crippen LogP contribution is 2.29. The van der Waals surface area contributed by atoms with Crippen molar-refractivity contribution in [1.29, 1.82) is 0 Å². The van der Waals surface area contributed by atoms with Gasteiger partial charge >= 0.3 is 18.5 Å². The van der Waals surface area contributed by atoms with E-state index in [0.717, 1.165) is 17.2 Å². The number of halogens is 4. The molecule has 35 heavy (non-hydrogen) atoms. The minimum atomic E-state index is -3.28. The van der Waals surface area contributed by atoms with Crippen LogP contribution in [0, 0.1) is 11.6 Å². The third-order valence-corrected chi connectivity index (χ3v) is 4.76. The number of carbonyl (C=O) groups excluding carboxylic acids is 2. The van der Waals surface area contributed by atoms with Crippen molar-refractivity contribution in [2.45, 2.75) is 12.5 Å². The van der Waals surface area contributed by atoms with E-state index in [-0.39, 0.29) is 40.8 Å². The number of hydrogen-bond acceptors (Lipinski definition) is 9. The highest BCUT2D eigenvalue weighted by Gasteiger charge is 2.26. The smallest absolute Gasteiger partial charge is 0.349 e. The normalized spacial score (nSPS) is 15.1. The van der Waals surface area contributed by atoms with Gasteiger partial charge in [-0.1, -0.05) is 0 Å². The summed E-state index contributed by atoms with van der Waals surface area (Å²) in [6.45, 7) is -1.36. The maximum Gasteiger partial charge on any atom is 0.349 e. The van der Waals surface area contributed by atoms with Crippen molar-refractivity contribution in [3.8, 4) is 0 Å². The number of benzene rings is 1. The minimum Gasteiger partial charge on any atom is -0.432 e. The summed E-state index contributed by atoms with van der Waals surface area (Å²) in [6.07, 6.45) is -2.20. The van der Waals surface area contributed by atoms with Gasteiger partial charge in [-0.25, -0.2) is 23.6 Å². The van der Waals surface area contributed by atoms with E-state index in [2.05, 4.69) is 10.3 Å². The topological polar surface area (TPSA) is 144 Å². The number of aromatic nitrogens is 1. The zero-order valence-corrected chi connectivity index (χ0v) is 18.0. The average molecular weight is 510 g/mol. The van der Waals surface area contributed by atoms with Gasteiger partial charge < -0.3 is 19.7 Å². The summed E-state index contributed by atoms with van der Waals surface area (Å²) in [5, 5.41) is 25.2. The number of alkyl halides is 2. The second-order valence-corrected chi connectivity index (χ2v) is 7.23. The fourth-order valence-electron chi connectivity index (χ4n) is 3.14. The standard InChI is InChI=1S/C19H22F4N6O6.2H2/c20-13-7-11(28(33)10-12(30)9-25-17(31)16(22)23)8-14(21)15(13)27-2-3-29(35-6-4-27)19(32)26-18-24-1-5-34-18;;/h1,5,7-8,12,16,30,33H,2-4,6,9-10H2,(H,25,31)(H,24,26,32);2*1H/t12-;;/m0../s1. The molecule has 2 aromatic rings. The molecule has 3 rings (SSSR count). The Labute approximate surface area is 198 Å². The number of urea groups is 1. The van der Waals surface area contributed by atoms with Crippen LogP contribution >= 0.6 is 0 Å². The lowest BCUT2D eigenvalue weighted by atomic mass is 10.2. The van der Waals surface area contributed by atoms with Crippen molar-refractivity contribution in [3.05, 3.63) is 36.2 Å². The van der Waals surface area contributed by atoms with Crippen molar-refractivity contribution in [3.63, 3.8) is 0 Å². The molecule has 0 saturated carbocycles. The number of hydroxylamine groups is 3. The van der Waals surface area contributed by atoms with Crippen LogP contribution in [0.4, 0.5) is 39.7 Å².